The van der Waals surface area contributed by atoms with Crippen molar-refractivity contribution in [1.82, 2.24) is 0 Å². The molecular weight excluding hydrogens is 320 g/mol. The van der Waals surface area contributed by atoms with Crippen molar-refractivity contribution in [2.45, 2.75) is 57.3 Å². The molecule has 3 atom stereocenters. The predicted octanol–water partition coefficient (Wildman–Crippen LogP) is 1.22. The van der Waals surface area contributed by atoms with Gasteiger partial charge in [0.2, 0.25) is 5.76 Å². The minimum atomic E-state index is -1.52. The van der Waals surface area contributed by atoms with Crippen LogP contribution in [0.4, 0.5) is 0 Å². The minimum Gasteiger partial charge on any atom is -0.480 e. The molecule has 8 heteroatoms. The van der Waals surface area contributed by atoms with E-state index >= 15 is 0 Å². The van der Waals surface area contributed by atoms with Crippen LogP contribution >= 0.6 is 0 Å². The highest BCUT2D eigenvalue weighted by Crippen LogP contribution is 2.38. The molecule has 8 nitrogen and oxygen atoms in total. The zero-order chi connectivity index (χ0) is 18.3. The molecule has 0 aliphatic carbocycles. The van der Waals surface area contributed by atoms with Gasteiger partial charge in [-0.3, -0.25) is 0 Å². The largest absolute Gasteiger partial charge is 0.480 e. The first-order valence-corrected chi connectivity index (χ1v) is 7.86. The number of carbonyl (C=O) groups is 2. The van der Waals surface area contributed by atoms with E-state index in [1.165, 1.54) is 7.11 Å². The number of carbonyl (C=O) groups excluding carboxylic acids is 1. The maximum atomic E-state index is 12.0. The number of carboxylic acid groups (broad SMARTS) is 1. The second-order valence-corrected chi connectivity index (χ2v) is 5.78. The van der Waals surface area contributed by atoms with E-state index in [1.807, 2.05) is 6.92 Å². The molecule has 0 amide bonds. The lowest BCUT2D eigenvalue weighted by molar-refractivity contribution is -0.222. The number of aliphatic carboxylic acids is 1. The van der Waals surface area contributed by atoms with Crippen LogP contribution in [0.15, 0.2) is 11.3 Å². The van der Waals surface area contributed by atoms with E-state index in [1.54, 1.807) is 6.92 Å². The van der Waals surface area contributed by atoms with Gasteiger partial charge in [-0.15, -0.1) is 0 Å². The number of esters is 1. The van der Waals surface area contributed by atoms with E-state index < -0.39 is 41.1 Å². The Morgan fingerprint density at radius 1 is 1.29 bits per heavy atom. The van der Waals surface area contributed by atoms with Crippen LogP contribution in [-0.4, -0.2) is 61.0 Å². The molecule has 0 aromatic rings. The number of methoxy groups -OCH3 is 2. The second-order valence-electron chi connectivity index (χ2n) is 5.78. The first kappa shape index (κ1) is 20.4. The molecule has 0 saturated carbocycles. The quantitative estimate of drug-likeness (QED) is 0.364. The summed E-state index contributed by atoms with van der Waals surface area (Å²) in [7, 11) is 2.52. The SMILES string of the molecule is CCCCC[C@@H]1OC(C(=O)O)=C(C(=O)OC)[C@H](O)[C@@]1(C)OCOC. The Morgan fingerprint density at radius 3 is 2.46 bits per heavy atom. The summed E-state index contributed by atoms with van der Waals surface area (Å²) in [6.07, 6.45) is 0.864. The molecule has 0 saturated heterocycles. The monoisotopic (exact) mass is 346 g/mol. The maximum absolute atomic E-state index is 12.0. The highest BCUT2D eigenvalue weighted by Gasteiger charge is 2.53. The first-order chi connectivity index (χ1) is 11.3. The highest BCUT2D eigenvalue weighted by molar-refractivity contribution is 5.99. The number of ether oxygens (including phenoxy) is 4. The van der Waals surface area contributed by atoms with Gasteiger partial charge in [-0.1, -0.05) is 19.8 Å². The van der Waals surface area contributed by atoms with E-state index in [2.05, 4.69) is 4.74 Å². The third kappa shape index (κ3) is 4.25. The molecule has 0 radical (unpaired) electrons. The van der Waals surface area contributed by atoms with Crippen LogP contribution in [0.2, 0.25) is 0 Å². The van der Waals surface area contributed by atoms with Gasteiger partial charge in [0.25, 0.3) is 0 Å². The van der Waals surface area contributed by atoms with Crippen LogP contribution in [0.3, 0.4) is 0 Å². The normalized spacial score (nSPS) is 26.9. The Hall–Kier alpha value is -1.64. The smallest absolute Gasteiger partial charge is 0.371 e. The summed E-state index contributed by atoms with van der Waals surface area (Å²) in [4.78, 5) is 23.4. The van der Waals surface area contributed by atoms with Crippen molar-refractivity contribution < 1.29 is 38.7 Å². The van der Waals surface area contributed by atoms with Crippen molar-refractivity contribution in [3.8, 4) is 0 Å². The van der Waals surface area contributed by atoms with Crippen LogP contribution in [-0.2, 0) is 28.5 Å². The average molecular weight is 346 g/mol. The number of aliphatic hydroxyl groups is 1. The fraction of sp³-hybridized carbons (Fsp3) is 0.750. The zero-order valence-electron chi connectivity index (χ0n) is 14.5. The van der Waals surface area contributed by atoms with Crippen molar-refractivity contribution in [2.24, 2.45) is 0 Å². The summed E-state index contributed by atoms with van der Waals surface area (Å²) in [5, 5.41) is 20.0. The molecule has 0 aromatic carbocycles. The van der Waals surface area contributed by atoms with Crippen molar-refractivity contribution in [3.05, 3.63) is 11.3 Å². The van der Waals surface area contributed by atoms with Crippen LogP contribution in [0.1, 0.15) is 39.5 Å². The summed E-state index contributed by atoms with van der Waals surface area (Å²) < 4.78 is 20.6. The number of hydrogen-bond acceptors (Lipinski definition) is 7. The van der Waals surface area contributed by atoms with E-state index in [0.717, 1.165) is 26.4 Å². The molecule has 24 heavy (non-hydrogen) atoms. The molecule has 0 spiro atoms. The summed E-state index contributed by atoms with van der Waals surface area (Å²) in [6.45, 7) is 3.46. The molecule has 1 rings (SSSR count). The standard InChI is InChI=1S/C16H26O8/c1-5-6-7-8-10-16(2,23-9-21-3)13(17)11(15(20)22-4)12(24-10)14(18)19/h10,13,17H,5-9H2,1-4H3,(H,18,19)/t10-,13-,16-/m0/s1. The highest BCUT2D eigenvalue weighted by atomic mass is 16.7. The van der Waals surface area contributed by atoms with Crippen LogP contribution in [0.5, 0.6) is 0 Å². The molecule has 0 unspecified atom stereocenters. The molecule has 1 aliphatic heterocycles. The summed E-state index contributed by atoms with van der Waals surface area (Å²) in [6, 6.07) is 0. The van der Waals surface area contributed by atoms with Gasteiger partial charge >= 0.3 is 11.9 Å². The molecule has 2 N–H and O–H groups in total. The number of unbranched alkanes of at least 4 members (excludes halogenated alkanes) is 2. The Kier molecular flexibility index (Phi) is 7.65. The maximum Gasteiger partial charge on any atom is 0.371 e. The van der Waals surface area contributed by atoms with Crippen molar-refractivity contribution >= 4 is 11.9 Å². The fourth-order valence-electron chi connectivity index (χ4n) is 2.67. The Bertz CT molecular complexity index is 486. The van der Waals surface area contributed by atoms with Gasteiger partial charge in [0.1, 0.15) is 30.2 Å². The Morgan fingerprint density at radius 2 is 1.96 bits per heavy atom. The third-order valence-corrected chi connectivity index (χ3v) is 4.12. The molecule has 0 fully saturated rings. The van der Waals surface area contributed by atoms with Crippen LogP contribution in [0.25, 0.3) is 0 Å². The molecule has 0 bridgehead atoms. The van der Waals surface area contributed by atoms with Crippen LogP contribution in [0, 0.1) is 0 Å². The molecule has 0 aromatic heterocycles. The summed E-state index contributed by atoms with van der Waals surface area (Å²) in [5.74, 6) is -3.02. The minimum absolute atomic E-state index is 0.141. The first-order valence-electron chi connectivity index (χ1n) is 7.86. The van der Waals surface area contributed by atoms with E-state index in [4.69, 9.17) is 14.2 Å². The lowest BCUT2D eigenvalue weighted by Gasteiger charge is -2.44. The number of rotatable bonds is 9. The number of aliphatic hydroxyl groups excluding tert-OH is 1. The van der Waals surface area contributed by atoms with E-state index in [-0.39, 0.29) is 6.79 Å². The van der Waals surface area contributed by atoms with E-state index in [0.29, 0.717) is 6.42 Å². The summed E-state index contributed by atoms with van der Waals surface area (Å²) >= 11 is 0. The van der Waals surface area contributed by atoms with Gasteiger partial charge in [0, 0.05) is 7.11 Å². The summed E-state index contributed by atoms with van der Waals surface area (Å²) in [5.41, 5.74) is -1.80. The molecule has 1 heterocycles. The van der Waals surface area contributed by atoms with Gasteiger partial charge in [-0.05, 0) is 19.8 Å². The lowest BCUT2D eigenvalue weighted by atomic mass is 9.82. The fourth-order valence-corrected chi connectivity index (χ4v) is 2.67. The molecular formula is C16H26O8. The van der Waals surface area contributed by atoms with Gasteiger partial charge in [-0.2, -0.15) is 0 Å². The van der Waals surface area contributed by atoms with Gasteiger partial charge < -0.3 is 29.2 Å². The average Bonchev–Trinajstić information content (AvgIpc) is 2.56. The van der Waals surface area contributed by atoms with Crippen molar-refractivity contribution in [2.75, 3.05) is 21.0 Å². The van der Waals surface area contributed by atoms with Crippen molar-refractivity contribution in [3.63, 3.8) is 0 Å². The number of hydrogen-bond donors (Lipinski definition) is 2. The van der Waals surface area contributed by atoms with Gasteiger partial charge in [-0.25, -0.2) is 9.59 Å². The predicted molar refractivity (Wildman–Crippen MR) is 83.1 cm³/mol. The topological polar surface area (TPSA) is 112 Å². The van der Waals surface area contributed by atoms with Gasteiger partial charge in [0.05, 0.1) is 7.11 Å². The second kappa shape index (κ2) is 9.00. The van der Waals surface area contributed by atoms with Crippen LogP contribution < -0.4 is 0 Å². The zero-order valence-corrected chi connectivity index (χ0v) is 14.5. The van der Waals surface area contributed by atoms with Gasteiger partial charge in [0.15, 0.2) is 0 Å². The third-order valence-electron chi connectivity index (χ3n) is 4.12. The Balaban J connectivity index is 3.26. The van der Waals surface area contributed by atoms with E-state index in [9.17, 15) is 19.8 Å². The van der Waals surface area contributed by atoms with Crippen molar-refractivity contribution in [1.29, 1.82) is 0 Å². The lowest BCUT2D eigenvalue weighted by Crippen LogP contribution is -2.58. The number of carboxylic acids is 1. The Labute approximate surface area is 141 Å². The molecule has 1 aliphatic rings. The molecule has 138 valence electrons.